The molecule has 5 heteroatoms. The first-order chi connectivity index (χ1) is 5.27. The van der Waals surface area contributed by atoms with Gasteiger partial charge in [-0.05, 0) is 0 Å². The molecular formula is C6H9NO4. The summed E-state index contributed by atoms with van der Waals surface area (Å²) in [5.41, 5.74) is 0. The fourth-order valence-corrected chi connectivity index (χ4v) is 1.36. The number of hydrogen-bond acceptors (Lipinski definition) is 4. The molecule has 0 unspecified atom stereocenters. The van der Waals surface area contributed by atoms with Crippen LogP contribution < -0.4 is 5.32 Å². The molecule has 0 amide bonds. The highest BCUT2D eigenvalue weighted by atomic mass is 16.7. The summed E-state index contributed by atoms with van der Waals surface area (Å²) in [6.45, 7) is 1.15. The lowest BCUT2D eigenvalue weighted by Gasteiger charge is -2.18. The quantitative estimate of drug-likeness (QED) is 0.502. The van der Waals surface area contributed by atoms with Gasteiger partial charge in [0.25, 0.3) is 0 Å². The summed E-state index contributed by atoms with van der Waals surface area (Å²) in [6.07, 6.45) is -1.46. The number of carboxylic acids is 1. The van der Waals surface area contributed by atoms with Gasteiger partial charge in [-0.1, -0.05) is 0 Å². The van der Waals surface area contributed by atoms with E-state index in [0.29, 0.717) is 13.1 Å². The second-order valence-electron chi connectivity index (χ2n) is 2.66. The molecule has 2 heterocycles. The number of hydrogen-bond donors (Lipinski definition) is 2. The second kappa shape index (κ2) is 2.44. The van der Waals surface area contributed by atoms with Crippen LogP contribution in [0.1, 0.15) is 0 Å². The third kappa shape index (κ3) is 1.11. The molecule has 0 aromatic rings. The van der Waals surface area contributed by atoms with Crippen LogP contribution in [0, 0.1) is 0 Å². The summed E-state index contributed by atoms with van der Waals surface area (Å²) in [6, 6.07) is 0. The van der Waals surface area contributed by atoms with Gasteiger partial charge in [-0.2, -0.15) is 0 Å². The maximum atomic E-state index is 10.5. The molecule has 62 valence electrons. The Labute approximate surface area is 63.3 Å². The Balaban J connectivity index is 2.08. The summed E-state index contributed by atoms with van der Waals surface area (Å²) in [5.74, 6) is -0.943. The largest absolute Gasteiger partial charge is 0.479 e. The van der Waals surface area contributed by atoms with Gasteiger partial charge in [0, 0.05) is 13.1 Å². The topological polar surface area (TPSA) is 67.8 Å². The number of morpholine rings is 1. The van der Waals surface area contributed by atoms with Crippen LogP contribution in [-0.4, -0.2) is 42.7 Å². The van der Waals surface area contributed by atoms with Crippen molar-refractivity contribution in [1.29, 1.82) is 0 Å². The minimum atomic E-state index is -0.943. The molecule has 3 atom stereocenters. The smallest absolute Gasteiger partial charge is 0.335 e. The maximum Gasteiger partial charge on any atom is 0.335 e. The van der Waals surface area contributed by atoms with Crippen molar-refractivity contribution in [3.8, 4) is 0 Å². The minimum absolute atomic E-state index is 0.314. The molecule has 0 aromatic heterocycles. The average Bonchev–Trinajstić information content (AvgIpc) is 2.27. The van der Waals surface area contributed by atoms with Crippen LogP contribution in [-0.2, 0) is 14.3 Å². The Morgan fingerprint density at radius 2 is 2.27 bits per heavy atom. The maximum absolute atomic E-state index is 10.5. The zero-order valence-electron chi connectivity index (χ0n) is 5.82. The summed E-state index contributed by atoms with van der Waals surface area (Å²) in [7, 11) is 0. The van der Waals surface area contributed by atoms with Crippen molar-refractivity contribution < 1.29 is 19.4 Å². The van der Waals surface area contributed by atoms with Crippen molar-refractivity contribution in [3.05, 3.63) is 0 Å². The van der Waals surface area contributed by atoms with Crippen molar-refractivity contribution in [1.82, 2.24) is 5.32 Å². The van der Waals surface area contributed by atoms with Gasteiger partial charge in [-0.3, -0.25) is 0 Å². The third-order valence-electron chi connectivity index (χ3n) is 1.86. The molecule has 5 nitrogen and oxygen atoms in total. The molecule has 2 rings (SSSR count). The van der Waals surface area contributed by atoms with Gasteiger partial charge in [0.05, 0.1) is 0 Å². The number of carbonyl (C=O) groups is 1. The summed E-state index contributed by atoms with van der Waals surface area (Å²) in [5, 5.41) is 11.6. The number of nitrogens with one attached hydrogen (secondary N) is 1. The highest BCUT2D eigenvalue weighted by Crippen LogP contribution is 2.21. The summed E-state index contributed by atoms with van der Waals surface area (Å²) in [4.78, 5) is 10.5. The zero-order chi connectivity index (χ0) is 7.84. The molecule has 0 aromatic carbocycles. The Bertz CT molecular complexity index is 183. The highest BCUT2D eigenvalue weighted by Gasteiger charge is 2.43. The molecule has 0 aliphatic carbocycles. The van der Waals surface area contributed by atoms with Crippen molar-refractivity contribution in [2.45, 2.75) is 18.5 Å². The lowest BCUT2D eigenvalue weighted by Crippen LogP contribution is -2.42. The van der Waals surface area contributed by atoms with E-state index < -0.39 is 12.1 Å². The number of carboxylic acid groups (broad SMARTS) is 1. The molecule has 2 N–H and O–H groups in total. The Kier molecular flexibility index (Phi) is 1.56. The van der Waals surface area contributed by atoms with E-state index in [4.69, 9.17) is 14.6 Å². The van der Waals surface area contributed by atoms with Crippen LogP contribution in [0.5, 0.6) is 0 Å². The molecule has 0 saturated carbocycles. The Morgan fingerprint density at radius 1 is 1.45 bits per heavy atom. The van der Waals surface area contributed by atoms with Crippen LogP contribution in [0.4, 0.5) is 0 Å². The van der Waals surface area contributed by atoms with Crippen LogP contribution in [0.15, 0.2) is 0 Å². The first-order valence-electron chi connectivity index (χ1n) is 3.52. The molecule has 2 bridgehead atoms. The lowest BCUT2D eigenvalue weighted by molar-refractivity contribution is -0.149. The van der Waals surface area contributed by atoms with Gasteiger partial charge in [-0.25, -0.2) is 4.79 Å². The molecule has 2 saturated heterocycles. The first-order valence-corrected chi connectivity index (χ1v) is 3.52. The molecule has 0 spiro atoms. The molecular weight excluding hydrogens is 150 g/mol. The predicted octanol–water partition coefficient (Wildman–Crippen LogP) is -1.22. The minimum Gasteiger partial charge on any atom is -0.479 e. The Morgan fingerprint density at radius 3 is 2.91 bits per heavy atom. The van der Waals surface area contributed by atoms with Crippen molar-refractivity contribution in [2.75, 3.05) is 13.1 Å². The van der Waals surface area contributed by atoms with Crippen LogP contribution in [0.25, 0.3) is 0 Å². The van der Waals surface area contributed by atoms with E-state index >= 15 is 0 Å². The molecule has 2 fully saturated rings. The van der Waals surface area contributed by atoms with E-state index in [1.807, 2.05) is 0 Å². The van der Waals surface area contributed by atoms with Crippen molar-refractivity contribution >= 4 is 5.97 Å². The number of aliphatic carboxylic acids is 1. The number of rotatable bonds is 1. The second-order valence-corrected chi connectivity index (χ2v) is 2.66. The van der Waals surface area contributed by atoms with Gasteiger partial charge >= 0.3 is 5.97 Å². The van der Waals surface area contributed by atoms with Crippen LogP contribution >= 0.6 is 0 Å². The number of fused-ring (bicyclic) bond motifs is 2. The van der Waals surface area contributed by atoms with Crippen molar-refractivity contribution in [3.63, 3.8) is 0 Å². The summed E-state index contributed by atoms with van der Waals surface area (Å²) >= 11 is 0. The average molecular weight is 159 g/mol. The number of ether oxygens (including phenoxy) is 2. The van der Waals surface area contributed by atoms with E-state index in [9.17, 15) is 4.79 Å². The van der Waals surface area contributed by atoms with Gasteiger partial charge in [0.2, 0.25) is 0 Å². The predicted molar refractivity (Wildman–Crippen MR) is 34.0 cm³/mol. The monoisotopic (exact) mass is 159 g/mol. The summed E-state index contributed by atoms with van der Waals surface area (Å²) < 4.78 is 10.3. The van der Waals surface area contributed by atoms with Gasteiger partial charge in [0.1, 0.15) is 6.10 Å². The fraction of sp³-hybridized carbons (Fsp3) is 0.833. The van der Waals surface area contributed by atoms with E-state index in [-0.39, 0.29) is 12.4 Å². The van der Waals surface area contributed by atoms with Gasteiger partial charge in [-0.15, -0.1) is 0 Å². The van der Waals surface area contributed by atoms with Crippen LogP contribution in [0.2, 0.25) is 0 Å². The Hall–Kier alpha value is -0.650. The fourth-order valence-electron chi connectivity index (χ4n) is 1.36. The normalized spacial score (nSPS) is 42.4. The van der Waals surface area contributed by atoms with E-state index in [0.717, 1.165) is 0 Å². The lowest BCUT2D eigenvalue weighted by atomic mass is 10.2. The first kappa shape index (κ1) is 7.02. The van der Waals surface area contributed by atoms with E-state index in [1.165, 1.54) is 0 Å². The van der Waals surface area contributed by atoms with Crippen LogP contribution in [0.3, 0.4) is 0 Å². The molecule has 2 aliphatic rings. The molecule has 2 aliphatic heterocycles. The third-order valence-corrected chi connectivity index (χ3v) is 1.86. The van der Waals surface area contributed by atoms with Gasteiger partial charge < -0.3 is 19.9 Å². The van der Waals surface area contributed by atoms with Crippen molar-refractivity contribution in [2.24, 2.45) is 0 Å². The molecule has 0 radical (unpaired) electrons. The SMILES string of the molecule is O=C(O)[C@@H]1O[C@H]2CNC[C@@H]1O2. The standard InChI is InChI=1S/C6H9NO4/c8-6(9)5-3-1-7-2-4(10-3)11-5/h3-5,7H,1-2H2,(H,8,9)/t3-,4-,5+/m0/s1. The molecule has 11 heavy (non-hydrogen) atoms. The van der Waals surface area contributed by atoms with Gasteiger partial charge in [0.15, 0.2) is 12.4 Å². The van der Waals surface area contributed by atoms with E-state index in [1.54, 1.807) is 0 Å². The highest BCUT2D eigenvalue weighted by molar-refractivity contribution is 5.73. The van der Waals surface area contributed by atoms with E-state index in [2.05, 4.69) is 5.32 Å². The zero-order valence-corrected chi connectivity index (χ0v) is 5.82.